The molecule has 6 heteroatoms. The minimum Gasteiger partial charge on any atom is -0.253 e. The van der Waals surface area contributed by atoms with Gasteiger partial charge in [-0.1, -0.05) is 6.92 Å². The van der Waals surface area contributed by atoms with Crippen molar-refractivity contribution in [1.82, 2.24) is 25.2 Å². The summed E-state index contributed by atoms with van der Waals surface area (Å²) in [6.07, 6.45) is 3.51. The van der Waals surface area contributed by atoms with Crippen LogP contribution in [0, 0.1) is 0 Å². The lowest BCUT2D eigenvalue weighted by atomic mass is 10.1. The van der Waals surface area contributed by atoms with E-state index in [9.17, 15) is 0 Å². The summed E-state index contributed by atoms with van der Waals surface area (Å²) in [5.41, 5.74) is 1.84. The predicted molar refractivity (Wildman–Crippen MR) is 48.3 cm³/mol. The van der Waals surface area contributed by atoms with E-state index in [2.05, 4.69) is 27.4 Å². The van der Waals surface area contributed by atoms with Crippen LogP contribution in [0.15, 0.2) is 18.0 Å². The Hall–Kier alpha value is -1.30. The molecule has 0 amide bonds. The molecule has 0 bridgehead atoms. The van der Waals surface area contributed by atoms with Gasteiger partial charge in [-0.3, -0.25) is 4.98 Å². The Balaban J connectivity index is 2.04. The first kappa shape index (κ1) is 8.31. The fraction of sp³-hybridized carbons (Fsp3) is 0.429. The summed E-state index contributed by atoms with van der Waals surface area (Å²) < 4.78 is 1.73. The van der Waals surface area contributed by atoms with E-state index >= 15 is 0 Å². The number of hydrogen-bond acceptors (Lipinski definition) is 5. The lowest BCUT2D eigenvalue weighted by Gasteiger charge is -2.06. The minimum atomic E-state index is 0.413. The highest BCUT2D eigenvalue weighted by Gasteiger charge is 2.08. The molecule has 68 valence electrons. The van der Waals surface area contributed by atoms with E-state index < -0.39 is 0 Å². The molecule has 1 unspecified atom stereocenters. The van der Waals surface area contributed by atoms with Gasteiger partial charge in [0.15, 0.2) is 0 Å². The molecule has 1 atom stereocenters. The second-order valence-corrected chi connectivity index (χ2v) is 3.75. The van der Waals surface area contributed by atoms with E-state index in [1.807, 2.05) is 11.7 Å². The first-order chi connectivity index (χ1) is 6.36. The van der Waals surface area contributed by atoms with Crippen LogP contribution in [0.5, 0.6) is 0 Å². The molecule has 2 aromatic heterocycles. The Bertz CT molecular complexity index is 341. The van der Waals surface area contributed by atoms with Gasteiger partial charge in [0.25, 0.3) is 0 Å². The normalized spacial score (nSPS) is 13.0. The minimum absolute atomic E-state index is 0.413. The van der Waals surface area contributed by atoms with Gasteiger partial charge in [0.05, 0.1) is 12.1 Å². The number of rotatable bonds is 3. The van der Waals surface area contributed by atoms with Crippen LogP contribution in [0.1, 0.15) is 17.7 Å². The lowest BCUT2D eigenvalue weighted by Crippen LogP contribution is -2.05. The summed E-state index contributed by atoms with van der Waals surface area (Å²) in [4.78, 5) is 5.29. The summed E-state index contributed by atoms with van der Waals surface area (Å²) >= 11 is 1.66. The van der Waals surface area contributed by atoms with Gasteiger partial charge in [0.1, 0.15) is 6.33 Å². The van der Waals surface area contributed by atoms with Crippen molar-refractivity contribution < 1.29 is 0 Å². The molecular weight excluding hydrogens is 186 g/mol. The number of nitrogens with zero attached hydrogens (tertiary/aromatic N) is 5. The summed E-state index contributed by atoms with van der Waals surface area (Å²) in [6.45, 7) is 2.93. The molecular formula is C7H9N5S. The van der Waals surface area contributed by atoms with E-state index in [1.54, 1.807) is 22.3 Å². The van der Waals surface area contributed by atoms with Crippen LogP contribution < -0.4 is 0 Å². The molecule has 0 aliphatic rings. The van der Waals surface area contributed by atoms with Gasteiger partial charge in [-0.2, -0.15) is 0 Å². The maximum absolute atomic E-state index is 4.03. The monoisotopic (exact) mass is 195 g/mol. The molecule has 2 aromatic rings. The zero-order valence-corrected chi connectivity index (χ0v) is 7.98. The third-order valence-electron chi connectivity index (χ3n) is 1.79. The van der Waals surface area contributed by atoms with Gasteiger partial charge >= 0.3 is 0 Å². The van der Waals surface area contributed by atoms with Crippen molar-refractivity contribution >= 4 is 11.3 Å². The quantitative estimate of drug-likeness (QED) is 0.731. The third kappa shape index (κ3) is 1.89. The van der Waals surface area contributed by atoms with Gasteiger partial charge in [-0.15, -0.1) is 16.4 Å². The smallest absolute Gasteiger partial charge is 0.138 e. The molecule has 0 saturated heterocycles. The molecule has 5 nitrogen and oxygen atoms in total. The van der Waals surface area contributed by atoms with Gasteiger partial charge in [0.2, 0.25) is 0 Å². The average Bonchev–Trinajstić information content (AvgIpc) is 2.74. The second kappa shape index (κ2) is 3.61. The highest BCUT2D eigenvalue weighted by Crippen LogP contribution is 2.19. The Kier molecular flexibility index (Phi) is 2.31. The van der Waals surface area contributed by atoms with Gasteiger partial charge in [-0.05, 0) is 10.4 Å². The van der Waals surface area contributed by atoms with E-state index in [1.165, 1.54) is 4.88 Å². The van der Waals surface area contributed by atoms with Crippen LogP contribution in [0.4, 0.5) is 0 Å². The third-order valence-corrected chi connectivity index (χ3v) is 2.80. The molecule has 0 radical (unpaired) electrons. The summed E-state index contributed by atoms with van der Waals surface area (Å²) in [5, 5.41) is 11.0. The van der Waals surface area contributed by atoms with Crippen molar-refractivity contribution in [3.63, 3.8) is 0 Å². The van der Waals surface area contributed by atoms with Crippen LogP contribution in [0.3, 0.4) is 0 Å². The van der Waals surface area contributed by atoms with Gasteiger partial charge < -0.3 is 0 Å². The van der Waals surface area contributed by atoms with Crippen LogP contribution in [-0.2, 0) is 6.54 Å². The Labute approximate surface area is 79.4 Å². The molecule has 0 N–H and O–H groups in total. The second-order valence-electron chi connectivity index (χ2n) is 2.84. The molecule has 2 heterocycles. The van der Waals surface area contributed by atoms with Gasteiger partial charge in [-0.25, -0.2) is 4.68 Å². The zero-order chi connectivity index (χ0) is 9.10. The van der Waals surface area contributed by atoms with E-state index in [-0.39, 0.29) is 0 Å². The van der Waals surface area contributed by atoms with Crippen LogP contribution in [-0.4, -0.2) is 25.2 Å². The Morgan fingerprint density at radius 3 is 3.15 bits per heavy atom. The van der Waals surface area contributed by atoms with E-state index in [4.69, 9.17) is 0 Å². The summed E-state index contributed by atoms with van der Waals surface area (Å²) in [5.74, 6) is 0.413. The van der Waals surface area contributed by atoms with E-state index in [0.717, 1.165) is 6.54 Å². The number of thiazole rings is 1. The highest BCUT2D eigenvalue weighted by molar-refractivity contribution is 7.09. The SMILES string of the molecule is CC(Cn1cnnn1)c1cncs1. The maximum atomic E-state index is 4.03. The number of hydrogen-bond donors (Lipinski definition) is 0. The van der Waals surface area contributed by atoms with E-state index in [0.29, 0.717) is 5.92 Å². The molecule has 2 rings (SSSR count). The average molecular weight is 195 g/mol. The number of tetrazole rings is 1. The zero-order valence-electron chi connectivity index (χ0n) is 7.16. The van der Waals surface area contributed by atoms with Crippen molar-refractivity contribution in [2.45, 2.75) is 19.4 Å². The topological polar surface area (TPSA) is 56.5 Å². The van der Waals surface area contributed by atoms with Crippen LogP contribution >= 0.6 is 11.3 Å². The highest BCUT2D eigenvalue weighted by atomic mass is 32.1. The summed E-state index contributed by atoms with van der Waals surface area (Å²) in [7, 11) is 0. The fourth-order valence-corrected chi connectivity index (χ4v) is 1.78. The maximum Gasteiger partial charge on any atom is 0.138 e. The first-order valence-corrected chi connectivity index (χ1v) is 4.83. The predicted octanol–water partition coefficient (Wildman–Crippen LogP) is 0.933. The van der Waals surface area contributed by atoms with Gasteiger partial charge in [0, 0.05) is 17.0 Å². The molecule has 0 aliphatic carbocycles. The van der Waals surface area contributed by atoms with Crippen LogP contribution in [0.2, 0.25) is 0 Å². The molecule has 0 fully saturated rings. The van der Waals surface area contributed by atoms with Crippen molar-refractivity contribution in [2.75, 3.05) is 0 Å². The standard InChI is InChI=1S/C7H9N5S/c1-6(7-2-8-5-13-7)3-12-4-9-10-11-12/h2,4-6H,3H2,1H3. The molecule has 13 heavy (non-hydrogen) atoms. The molecule has 0 aromatic carbocycles. The summed E-state index contributed by atoms with van der Waals surface area (Å²) in [6, 6.07) is 0. The van der Waals surface area contributed by atoms with Crippen LogP contribution in [0.25, 0.3) is 0 Å². The van der Waals surface area contributed by atoms with Crippen molar-refractivity contribution in [3.8, 4) is 0 Å². The number of aromatic nitrogens is 5. The Morgan fingerprint density at radius 2 is 2.54 bits per heavy atom. The van der Waals surface area contributed by atoms with Crippen molar-refractivity contribution in [3.05, 3.63) is 22.9 Å². The molecule has 0 aliphatic heterocycles. The van der Waals surface area contributed by atoms with Crippen molar-refractivity contribution in [1.29, 1.82) is 0 Å². The molecule has 0 saturated carbocycles. The molecule has 0 spiro atoms. The first-order valence-electron chi connectivity index (χ1n) is 3.95. The Morgan fingerprint density at radius 1 is 1.62 bits per heavy atom. The lowest BCUT2D eigenvalue weighted by molar-refractivity contribution is 0.531. The fourth-order valence-electron chi connectivity index (χ4n) is 1.10. The van der Waals surface area contributed by atoms with Crippen molar-refractivity contribution in [2.24, 2.45) is 0 Å². The largest absolute Gasteiger partial charge is 0.253 e.